The second-order valence-corrected chi connectivity index (χ2v) is 8.28. The number of ether oxygens (including phenoxy) is 1. The van der Waals surface area contributed by atoms with Crippen LogP contribution in [-0.4, -0.2) is 41.5 Å². The fraction of sp³-hybridized carbons (Fsp3) is 0.500. The van der Waals surface area contributed by atoms with Crippen LogP contribution in [0.3, 0.4) is 0 Å². The number of ketones is 1. The quantitative estimate of drug-likeness (QED) is 0.767. The summed E-state index contributed by atoms with van der Waals surface area (Å²) < 4.78 is 6.09. The summed E-state index contributed by atoms with van der Waals surface area (Å²) in [4.78, 5) is 28.6. The summed E-state index contributed by atoms with van der Waals surface area (Å²) in [6.45, 7) is 0. The van der Waals surface area contributed by atoms with Crippen molar-refractivity contribution in [2.45, 2.75) is 63.7 Å². The minimum Gasteiger partial charge on any atom is -0.383 e. The first kappa shape index (κ1) is 19.0. The van der Waals surface area contributed by atoms with Crippen LogP contribution in [-0.2, 0) is 28.8 Å². The van der Waals surface area contributed by atoms with E-state index in [2.05, 4.69) is 23.2 Å². The Hall–Kier alpha value is -2.31. The minimum atomic E-state index is -0.307. The third-order valence-electron chi connectivity index (χ3n) is 6.18. The third-order valence-corrected chi connectivity index (χ3v) is 6.18. The topological polar surface area (TPSA) is 81.8 Å². The van der Waals surface area contributed by atoms with Gasteiger partial charge in [-0.2, -0.15) is 4.48 Å². The molecule has 28 heavy (non-hydrogen) atoms. The lowest BCUT2D eigenvalue weighted by Gasteiger charge is -2.32. The van der Waals surface area contributed by atoms with Gasteiger partial charge >= 0.3 is 6.03 Å². The second-order valence-electron chi connectivity index (χ2n) is 8.28. The van der Waals surface area contributed by atoms with Gasteiger partial charge in [0.15, 0.2) is 0 Å². The molecule has 1 saturated heterocycles. The molecule has 3 atom stereocenters. The van der Waals surface area contributed by atoms with Crippen molar-refractivity contribution in [2.75, 3.05) is 7.05 Å². The van der Waals surface area contributed by atoms with Crippen molar-refractivity contribution in [1.29, 1.82) is 0 Å². The maximum Gasteiger partial charge on any atom is 0.451 e. The molecule has 0 saturated carbocycles. The van der Waals surface area contributed by atoms with Crippen LogP contribution in [0.5, 0.6) is 0 Å². The van der Waals surface area contributed by atoms with Gasteiger partial charge in [0.25, 0.3) is 0 Å². The van der Waals surface area contributed by atoms with E-state index in [1.165, 1.54) is 17.5 Å². The third kappa shape index (κ3) is 3.80. The summed E-state index contributed by atoms with van der Waals surface area (Å²) in [6, 6.07) is 6.17. The summed E-state index contributed by atoms with van der Waals surface area (Å²) >= 11 is 0. The number of carbonyl (C=O) groups excluding carboxylic acids is 2. The van der Waals surface area contributed by atoms with Crippen LogP contribution in [0, 0.1) is 0 Å². The van der Waals surface area contributed by atoms with Crippen LogP contribution in [0.25, 0.3) is 0 Å². The number of fused-ring (bicyclic) bond motifs is 1. The highest BCUT2D eigenvalue weighted by atomic mass is 16.5. The molecule has 6 nitrogen and oxygen atoms in total. The van der Waals surface area contributed by atoms with Gasteiger partial charge in [-0.3, -0.25) is 4.79 Å². The van der Waals surface area contributed by atoms with Crippen molar-refractivity contribution in [3.63, 3.8) is 0 Å². The van der Waals surface area contributed by atoms with Crippen LogP contribution in [0.4, 0.5) is 4.79 Å². The lowest BCUT2D eigenvalue weighted by atomic mass is 10.00. The highest BCUT2D eigenvalue weighted by Crippen LogP contribution is 2.32. The highest BCUT2D eigenvalue weighted by molar-refractivity contribution is 5.99. The fourth-order valence-electron chi connectivity index (χ4n) is 4.44. The van der Waals surface area contributed by atoms with Gasteiger partial charge in [-0.25, -0.2) is 4.79 Å². The van der Waals surface area contributed by atoms with Crippen molar-refractivity contribution in [3.05, 3.63) is 47.2 Å². The number of aliphatic imine (C=N–C) groups is 1. The summed E-state index contributed by atoms with van der Waals surface area (Å²) in [5.41, 5.74) is 9.56. The van der Waals surface area contributed by atoms with Gasteiger partial charge in [0.2, 0.25) is 6.23 Å². The molecule has 0 radical (unpaired) electrons. The zero-order valence-corrected chi connectivity index (χ0v) is 16.4. The standard InChI is InChI=1S/C22H27N3O3/c1-25(12-11-20(23)24-22(25)27)21-10-9-19(28-21)8-7-18(26)14-15-5-6-16-3-2-4-17(16)13-15/h5-6,11-13,19,21H,2-4,7-10,14H2,1H3,(H-,23,24,27)/p+1. The molecule has 6 heteroatoms. The molecule has 3 unspecified atom stereocenters. The molecule has 0 aromatic heterocycles. The van der Waals surface area contributed by atoms with E-state index < -0.39 is 0 Å². The Bertz CT molecular complexity index is 861. The molecule has 2 N–H and O–H groups in total. The summed E-state index contributed by atoms with van der Waals surface area (Å²) in [5.74, 6) is 0.476. The average Bonchev–Trinajstić information content (AvgIpc) is 3.32. The van der Waals surface area contributed by atoms with E-state index in [0.717, 1.165) is 31.2 Å². The van der Waals surface area contributed by atoms with E-state index in [9.17, 15) is 9.59 Å². The van der Waals surface area contributed by atoms with Crippen molar-refractivity contribution in [2.24, 2.45) is 10.7 Å². The van der Waals surface area contributed by atoms with Crippen molar-refractivity contribution in [3.8, 4) is 0 Å². The molecule has 1 aliphatic carbocycles. The SMILES string of the molecule is C[N+]1(C2CCC(CCC(=O)Cc3ccc4c(c3)CCC4)O2)C=CC(N)=NC1=O. The largest absolute Gasteiger partial charge is 0.451 e. The maximum atomic E-state index is 12.4. The molecule has 0 bridgehead atoms. The molecule has 3 aliphatic rings. The zero-order chi connectivity index (χ0) is 19.7. The number of aryl methyl sites for hydroxylation is 2. The molecule has 1 fully saturated rings. The Morgan fingerprint density at radius 3 is 2.93 bits per heavy atom. The van der Waals surface area contributed by atoms with Gasteiger partial charge in [0, 0.05) is 25.3 Å². The molecule has 2 heterocycles. The molecular formula is C22H28N3O3+. The Morgan fingerprint density at radius 2 is 2.11 bits per heavy atom. The number of quaternary nitrogens is 1. The van der Waals surface area contributed by atoms with Gasteiger partial charge in [0.05, 0.1) is 13.2 Å². The first-order chi connectivity index (χ1) is 13.4. The lowest BCUT2D eigenvalue weighted by Crippen LogP contribution is -2.53. The van der Waals surface area contributed by atoms with Gasteiger partial charge in [-0.1, -0.05) is 18.2 Å². The molecule has 1 aromatic carbocycles. The Balaban J connectivity index is 1.27. The normalized spacial score (nSPS) is 29.0. The first-order valence-electron chi connectivity index (χ1n) is 10.2. The van der Waals surface area contributed by atoms with E-state index in [0.29, 0.717) is 19.3 Å². The number of nitrogens with two attached hydrogens (primary N) is 1. The van der Waals surface area contributed by atoms with Crippen molar-refractivity contribution in [1.82, 2.24) is 0 Å². The van der Waals surface area contributed by atoms with Crippen LogP contribution < -0.4 is 5.73 Å². The number of urea groups is 1. The first-order valence-corrected chi connectivity index (χ1v) is 10.2. The van der Waals surface area contributed by atoms with Crippen LogP contribution >= 0.6 is 0 Å². The summed E-state index contributed by atoms with van der Waals surface area (Å²) in [6.07, 6.45) is 9.98. The van der Waals surface area contributed by atoms with Crippen molar-refractivity contribution >= 4 is 17.6 Å². The van der Waals surface area contributed by atoms with Crippen LogP contribution in [0.2, 0.25) is 0 Å². The molecule has 2 aliphatic heterocycles. The predicted octanol–water partition coefficient (Wildman–Crippen LogP) is 3.02. The minimum absolute atomic E-state index is 0.00775. The maximum absolute atomic E-state index is 12.4. The lowest BCUT2D eigenvalue weighted by molar-refractivity contribution is -0.830. The monoisotopic (exact) mass is 382 g/mol. The molecule has 148 valence electrons. The smallest absolute Gasteiger partial charge is 0.383 e. The fourth-order valence-corrected chi connectivity index (χ4v) is 4.44. The Kier molecular flexibility index (Phi) is 5.17. The van der Waals surface area contributed by atoms with Gasteiger partial charge < -0.3 is 10.5 Å². The van der Waals surface area contributed by atoms with Crippen LogP contribution in [0.15, 0.2) is 35.5 Å². The van der Waals surface area contributed by atoms with E-state index in [1.54, 1.807) is 19.3 Å². The summed E-state index contributed by atoms with van der Waals surface area (Å²) in [7, 11) is 1.79. The van der Waals surface area contributed by atoms with E-state index in [1.807, 2.05) is 0 Å². The predicted molar refractivity (Wildman–Crippen MR) is 107 cm³/mol. The van der Waals surface area contributed by atoms with Gasteiger partial charge in [-0.05, 0) is 48.8 Å². The molecule has 4 rings (SSSR count). The van der Waals surface area contributed by atoms with E-state index in [4.69, 9.17) is 10.5 Å². The number of hydrogen-bond donors (Lipinski definition) is 1. The number of carbonyl (C=O) groups is 2. The molecular weight excluding hydrogens is 354 g/mol. The number of benzene rings is 1. The molecule has 1 aromatic rings. The van der Waals surface area contributed by atoms with E-state index >= 15 is 0 Å². The average molecular weight is 382 g/mol. The van der Waals surface area contributed by atoms with E-state index in [-0.39, 0.29) is 34.5 Å². The number of Topliss-reactive ketones (excluding diaryl/α,β-unsaturated/α-hetero) is 1. The number of amides is 2. The summed E-state index contributed by atoms with van der Waals surface area (Å²) in [5, 5.41) is 0. The molecule has 2 amide bonds. The van der Waals surface area contributed by atoms with Crippen molar-refractivity contribution < 1.29 is 18.8 Å². The number of hydrogen-bond acceptors (Lipinski definition) is 4. The number of nitrogens with zero attached hydrogens (tertiary/aromatic N) is 2. The molecule has 0 spiro atoms. The Morgan fingerprint density at radius 1 is 1.29 bits per heavy atom. The number of rotatable bonds is 6. The second kappa shape index (κ2) is 7.60. The van der Waals surface area contributed by atoms with Gasteiger partial charge in [0.1, 0.15) is 17.8 Å². The number of amidine groups is 1. The highest BCUT2D eigenvalue weighted by Gasteiger charge is 2.45. The zero-order valence-electron chi connectivity index (χ0n) is 16.4. The van der Waals surface area contributed by atoms with Crippen LogP contribution in [0.1, 0.15) is 48.8 Å². The Labute approximate surface area is 165 Å². The van der Waals surface area contributed by atoms with Gasteiger partial charge in [-0.15, -0.1) is 4.99 Å².